The Morgan fingerprint density at radius 2 is 1.92 bits per heavy atom. The normalized spacial score (nSPS) is 16.9. The molecule has 1 unspecified atom stereocenters. The lowest BCUT2D eigenvalue weighted by Crippen LogP contribution is -2.40. The van der Waals surface area contributed by atoms with Gasteiger partial charge in [0.25, 0.3) is 5.91 Å². The number of likely N-dealkylation sites (tertiary alicyclic amines) is 1. The molecule has 0 aliphatic carbocycles. The molecular weight excluding hydrogens is 306 g/mol. The monoisotopic (exact) mass is 325 g/mol. The Labute approximate surface area is 140 Å². The van der Waals surface area contributed by atoms with Crippen molar-refractivity contribution in [3.8, 4) is 16.9 Å². The third-order valence-electron chi connectivity index (χ3n) is 4.33. The molecule has 5 nitrogen and oxygen atoms in total. The van der Waals surface area contributed by atoms with Gasteiger partial charge in [0.15, 0.2) is 0 Å². The van der Waals surface area contributed by atoms with Gasteiger partial charge in [-0.2, -0.15) is 0 Å². The minimum Gasteiger partial charge on any atom is -0.496 e. The standard InChI is InChI=1S/C19H19NO4/c1-24-17-12-14(9-10-15(17)13-6-3-2-4-7-13)18(21)20-11-5-8-16(20)19(22)23/h2-4,6-7,9-10,12,16H,5,8,11H2,1H3,(H,22,23). The molecule has 1 aliphatic heterocycles. The van der Waals surface area contributed by atoms with Crippen LogP contribution in [-0.2, 0) is 4.79 Å². The van der Waals surface area contributed by atoms with E-state index in [4.69, 9.17) is 4.74 Å². The summed E-state index contributed by atoms with van der Waals surface area (Å²) in [6.45, 7) is 0.471. The van der Waals surface area contributed by atoms with Crippen LogP contribution in [0.3, 0.4) is 0 Å². The topological polar surface area (TPSA) is 66.8 Å². The molecule has 0 radical (unpaired) electrons. The summed E-state index contributed by atoms with van der Waals surface area (Å²) in [5.41, 5.74) is 2.34. The summed E-state index contributed by atoms with van der Waals surface area (Å²) >= 11 is 0. The molecular formula is C19H19NO4. The number of hydrogen-bond acceptors (Lipinski definition) is 3. The van der Waals surface area contributed by atoms with Gasteiger partial charge < -0.3 is 14.7 Å². The van der Waals surface area contributed by atoms with Gasteiger partial charge in [-0.15, -0.1) is 0 Å². The number of hydrogen-bond donors (Lipinski definition) is 1. The second-order valence-corrected chi connectivity index (χ2v) is 5.78. The first-order chi connectivity index (χ1) is 11.6. The molecule has 0 spiro atoms. The zero-order chi connectivity index (χ0) is 17.1. The summed E-state index contributed by atoms with van der Waals surface area (Å²) in [7, 11) is 1.56. The molecule has 0 saturated carbocycles. The average Bonchev–Trinajstić information content (AvgIpc) is 3.11. The fourth-order valence-electron chi connectivity index (χ4n) is 3.11. The third kappa shape index (κ3) is 2.97. The number of carbonyl (C=O) groups is 2. The number of nitrogens with zero attached hydrogens (tertiary/aromatic N) is 1. The number of benzene rings is 2. The van der Waals surface area contributed by atoms with E-state index in [1.807, 2.05) is 36.4 Å². The van der Waals surface area contributed by atoms with Gasteiger partial charge in [-0.3, -0.25) is 4.79 Å². The molecule has 1 atom stereocenters. The molecule has 2 aromatic rings. The maximum absolute atomic E-state index is 12.7. The lowest BCUT2D eigenvalue weighted by molar-refractivity contribution is -0.141. The first-order valence-corrected chi connectivity index (χ1v) is 7.89. The van der Waals surface area contributed by atoms with Crippen LogP contribution in [-0.4, -0.2) is 41.6 Å². The summed E-state index contributed by atoms with van der Waals surface area (Å²) in [5.74, 6) is -0.621. The zero-order valence-corrected chi connectivity index (χ0v) is 13.4. The predicted molar refractivity (Wildman–Crippen MR) is 90.1 cm³/mol. The molecule has 0 aromatic heterocycles. The largest absolute Gasteiger partial charge is 0.496 e. The number of rotatable bonds is 4. The van der Waals surface area contributed by atoms with E-state index in [9.17, 15) is 14.7 Å². The maximum Gasteiger partial charge on any atom is 0.326 e. The number of amides is 1. The number of carboxylic acid groups (broad SMARTS) is 1. The molecule has 24 heavy (non-hydrogen) atoms. The highest BCUT2D eigenvalue weighted by Crippen LogP contribution is 2.31. The molecule has 3 rings (SSSR count). The number of carboxylic acids is 1. The van der Waals surface area contributed by atoms with Crippen molar-refractivity contribution in [3.63, 3.8) is 0 Å². The van der Waals surface area contributed by atoms with Gasteiger partial charge >= 0.3 is 5.97 Å². The fraction of sp³-hybridized carbons (Fsp3) is 0.263. The Morgan fingerprint density at radius 1 is 1.17 bits per heavy atom. The molecule has 0 bridgehead atoms. The van der Waals surface area contributed by atoms with Gasteiger partial charge in [0.2, 0.25) is 0 Å². The van der Waals surface area contributed by atoms with Gasteiger partial charge in [0.1, 0.15) is 11.8 Å². The molecule has 1 saturated heterocycles. The van der Waals surface area contributed by atoms with Crippen LogP contribution in [0, 0.1) is 0 Å². The summed E-state index contributed by atoms with van der Waals surface area (Å²) in [4.78, 5) is 25.4. The molecule has 1 heterocycles. The number of methoxy groups -OCH3 is 1. The van der Waals surface area contributed by atoms with Crippen LogP contribution in [0.5, 0.6) is 5.75 Å². The minimum atomic E-state index is -0.950. The molecule has 2 aromatic carbocycles. The summed E-state index contributed by atoms with van der Waals surface area (Å²) in [5, 5.41) is 9.25. The first-order valence-electron chi connectivity index (χ1n) is 7.89. The lowest BCUT2D eigenvalue weighted by Gasteiger charge is -2.22. The quantitative estimate of drug-likeness (QED) is 0.938. The SMILES string of the molecule is COc1cc(C(=O)N2CCCC2C(=O)O)ccc1-c1ccccc1. The highest BCUT2D eigenvalue weighted by molar-refractivity contribution is 5.98. The van der Waals surface area contributed by atoms with E-state index in [1.54, 1.807) is 19.2 Å². The van der Waals surface area contributed by atoms with Gasteiger partial charge in [0.05, 0.1) is 7.11 Å². The lowest BCUT2D eigenvalue weighted by atomic mass is 10.0. The smallest absolute Gasteiger partial charge is 0.326 e. The summed E-state index contributed by atoms with van der Waals surface area (Å²) in [6.07, 6.45) is 1.21. The van der Waals surface area contributed by atoms with Crippen LogP contribution < -0.4 is 4.74 Å². The van der Waals surface area contributed by atoms with Crippen LogP contribution in [0.1, 0.15) is 23.2 Å². The maximum atomic E-state index is 12.7. The van der Waals surface area contributed by atoms with Crippen LogP contribution in [0.25, 0.3) is 11.1 Å². The van der Waals surface area contributed by atoms with E-state index in [0.717, 1.165) is 11.1 Å². The highest BCUT2D eigenvalue weighted by Gasteiger charge is 2.34. The minimum absolute atomic E-state index is 0.266. The van der Waals surface area contributed by atoms with E-state index in [1.165, 1.54) is 4.90 Å². The van der Waals surface area contributed by atoms with E-state index >= 15 is 0 Å². The summed E-state index contributed by atoms with van der Waals surface area (Å²) in [6, 6.07) is 14.3. The van der Waals surface area contributed by atoms with E-state index < -0.39 is 12.0 Å². The van der Waals surface area contributed by atoms with E-state index in [2.05, 4.69) is 0 Å². The molecule has 5 heteroatoms. The van der Waals surface area contributed by atoms with Gasteiger partial charge in [-0.25, -0.2) is 4.79 Å². The Bertz CT molecular complexity index is 757. The van der Waals surface area contributed by atoms with Gasteiger partial charge in [-0.1, -0.05) is 30.3 Å². The first kappa shape index (κ1) is 16.1. The number of ether oxygens (including phenoxy) is 1. The van der Waals surface area contributed by atoms with Crippen molar-refractivity contribution in [2.45, 2.75) is 18.9 Å². The van der Waals surface area contributed by atoms with Crippen LogP contribution in [0.15, 0.2) is 48.5 Å². The van der Waals surface area contributed by atoms with Crippen LogP contribution >= 0.6 is 0 Å². The Hall–Kier alpha value is -2.82. The van der Waals surface area contributed by atoms with Crippen molar-refractivity contribution in [2.75, 3.05) is 13.7 Å². The molecule has 1 fully saturated rings. The van der Waals surface area contributed by atoms with Gasteiger partial charge in [-0.05, 0) is 36.6 Å². The molecule has 124 valence electrons. The molecule has 1 aliphatic rings. The number of aliphatic carboxylic acids is 1. The van der Waals surface area contributed by atoms with Crippen LogP contribution in [0.2, 0.25) is 0 Å². The van der Waals surface area contributed by atoms with Crippen molar-refractivity contribution >= 4 is 11.9 Å². The Balaban J connectivity index is 1.92. The third-order valence-corrected chi connectivity index (χ3v) is 4.33. The predicted octanol–water partition coefficient (Wildman–Crippen LogP) is 3.05. The van der Waals surface area contributed by atoms with Crippen LogP contribution in [0.4, 0.5) is 0 Å². The van der Waals surface area contributed by atoms with Crippen molar-refractivity contribution in [2.24, 2.45) is 0 Å². The van der Waals surface area contributed by atoms with E-state index in [-0.39, 0.29) is 5.91 Å². The van der Waals surface area contributed by atoms with Gasteiger partial charge in [0, 0.05) is 17.7 Å². The Kier molecular flexibility index (Phi) is 4.51. The Morgan fingerprint density at radius 3 is 2.58 bits per heavy atom. The fourth-order valence-corrected chi connectivity index (χ4v) is 3.11. The molecule has 1 amide bonds. The summed E-state index contributed by atoms with van der Waals surface area (Å²) < 4.78 is 5.44. The second kappa shape index (κ2) is 6.74. The van der Waals surface area contributed by atoms with Crippen molar-refractivity contribution < 1.29 is 19.4 Å². The van der Waals surface area contributed by atoms with Crippen molar-refractivity contribution in [3.05, 3.63) is 54.1 Å². The van der Waals surface area contributed by atoms with E-state index in [0.29, 0.717) is 30.7 Å². The zero-order valence-electron chi connectivity index (χ0n) is 13.4. The molecule has 1 N–H and O–H groups in total. The average molecular weight is 325 g/mol. The van der Waals surface area contributed by atoms with Crippen molar-refractivity contribution in [1.82, 2.24) is 4.90 Å². The van der Waals surface area contributed by atoms with Crippen molar-refractivity contribution in [1.29, 1.82) is 0 Å². The number of carbonyl (C=O) groups excluding carboxylic acids is 1. The highest BCUT2D eigenvalue weighted by atomic mass is 16.5. The second-order valence-electron chi connectivity index (χ2n) is 5.78.